The summed E-state index contributed by atoms with van der Waals surface area (Å²) in [4.78, 5) is 27.9. The van der Waals surface area contributed by atoms with Crippen molar-refractivity contribution in [2.75, 3.05) is 13.2 Å². The highest BCUT2D eigenvalue weighted by Gasteiger charge is 2.54. The molecule has 1 fully saturated rings. The van der Waals surface area contributed by atoms with Crippen molar-refractivity contribution in [3.8, 4) is 6.07 Å². The number of amides is 1. The molecule has 0 aliphatic carbocycles. The Hall–Kier alpha value is -5.10. The summed E-state index contributed by atoms with van der Waals surface area (Å²) >= 11 is 0. The molecule has 5 rings (SSSR count). The molecular weight excluding hydrogens is 644 g/mol. The predicted molar refractivity (Wildman–Crippen MR) is 158 cm³/mol. The zero-order valence-corrected chi connectivity index (χ0v) is 25.4. The molecule has 0 bridgehead atoms. The number of ether oxygens (including phenoxy) is 2. The second kappa shape index (κ2) is 13.2. The zero-order chi connectivity index (χ0) is 34.7. The number of benzene rings is 3. The van der Waals surface area contributed by atoms with Gasteiger partial charge >= 0.3 is 24.1 Å². The number of carbonyl (C=O) groups is 1. The second-order valence-electron chi connectivity index (χ2n) is 11.5. The van der Waals surface area contributed by atoms with Crippen LogP contribution in [0.3, 0.4) is 0 Å². The van der Waals surface area contributed by atoms with Gasteiger partial charge in [0.05, 0.1) is 42.0 Å². The Kier molecular flexibility index (Phi) is 9.41. The Bertz CT molecular complexity index is 1800. The zero-order valence-electron chi connectivity index (χ0n) is 25.4. The Morgan fingerprint density at radius 3 is 2.12 bits per heavy atom. The standard InChI is InChI=1S/C33H29F6N5O4/c1-22(24-14-26(32(34,35)36)16-27(15-24)33(37,38)39)48-20-31(25-10-6-3-7-11-25)13-12-30(18-40,44-21-41-42-28(44)45)19-43(31)29(46)47-17-23-8-4-2-5-9-23/h2-11,14-16,21-22H,12-13,17,19-20H2,1H3,(H,42,45)/t22-,30-,31-/m1/s1. The van der Waals surface area contributed by atoms with Gasteiger partial charge in [-0.1, -0.05) is 60.7 Å². The number of piperidine rings is 1. The van der Waals surface area contributed by atoms with Crippen LogP contribution in [0.15, 0.2) is 90.0 Å². The van der Waals surface area contributed by atoms with Gasteiger partial charge < -0.3 is 9.47 Å². The number of hydrogen-bond donors (Lipinski definition) is 1. The van der Waals surface area contributed by atoms with Crippen LogP contribution in [0.4, 0.5) is 31.1 Å². The molecule has 0 radical (unpaired) electrons. The fourth-order valence-corrected chi connectivity index (χ4v) is 5.83. The van der Waals surface area contributed by atoms with Gasteiger partial charge in [-0.05, 0) is 54.7 Å². The Morgan fingerprint density at radius 1 is 0.979 bits per heavy atom. The van der Waals surface area contributed by atoms with Crippen LogP contribution in [0.1, 0.15) is 53.7 Å². The monoisotopic (exact) mass is 673 g/mol. The normalized spacial score (nSPS) is 20.6. The van der Waals surface area contributed by atoms with E-state index < -0.39 is 65.6 Å². The number of alkyl halides is 6. The molecule has 1 N–H and O–H groups in total. The third-order valence-electron chi connectivity index (χ3n) is 8.50. The smallest absolute Gasteiger partial charge is 0.416 e. The number of nitrogens with one attached hydrogen (secondary N) is 1. The van der Waals surface area contributed by atoms with Crippen molar-refractivity contribution in [2.45, 2.75) is 55.9 Å². The van der Waals surface area contributed by atoms with Gasteiger partial charge in [-0.3, -0.25) is 9.47 Å². The van der Waals surface area contributed by atoms with E-state index in [0.29, 0.717) is 23.3 Å². The summed E-state index contributed by atoms with van der Waals surface area (Å²) in [5, 5.41) is 16.4. The number of aromatic nitrogens is 3. The molecule has 1 aromatic heterocycles. The molecule has 9 nitrogen and oxygen atoms in total. The third kappa shape index (κ3) is 6.93. The first-order valence-electron chi connectivity index (χ1n) is 14.7. The molecule has 1 aliphatic heterocycles. The highest BCUT2D eigenvalue weighted by Crippen LogP contribution is 2.45. The van der Waals surface area contributed by atoms with Gasteiger partial charge in [-0.2, -0.15) is 36.7 Å². The van der Waals surface area contributed by atoms with Crippen molar-refractivity contribution in [3.05, 3.63) is 123 Å². The molecule has 0 spiro atoms. The summed E-state index contributed by atoms with van der Waals surface area (Å²) in [6.07, 6.45) is -11.2. The van der Waals surface area contributed by atoms with Crippen LogP contribution in [0.5, 0.6) is 0 Å². The summed E-state index contributed by atoms with van der Waals surface area (Å²) in [7, 11) is 0. The van der Waals surface area contributed by atoms with Crippen molar-refractivity contribution in [3.63, 3.8) is 0 Å². The molecule has 0 unspecified atom stereocenters. The van der Waals surface area contributed by atoms with Crippen LogP contribution in [-0.4, -0.2) is 38.9 Å². The lowest BCUT2D eigenvalue weighted by Crippen LogP contribution is -2.63. The quantitative estimate of drug-likeness (QED) is 0.203. The van der Waals surface area contributed by atoms with Gasteiger partial charge in [-0.25, -0.2) is 14.7 Å². The van der Waals surface area contributed by atoms with Crippen molar-refractivity contribution in [1.82, 2.24) is 19.7 Å². The fourth-order valence-electron chi connectivity index (χ4n) is 5.83. The van der Waals surface area contributed by atoms with Gasteiger partial charge in [0.2, 0.25) is 0 Å². The van der Waals surface area contributed by atoms with Gasteiger partial charge in [0.15, 0.2) is 5.54 Å². The summed E-state index contributed by atoms with van der Waals surface area (Å²) in [5.41, 5.74) is -5.96. The van der Waals surface area contributed by atoms with E-state index in [1.807, 2.05) is 0 Å². The van der Waals surface area contributed by atoms with Gasteiger partial charge in [0, 0.05) is 0 Å². The molecule has 15 heteroatoms. The number of aromatic amines is 1. The first kappa shape index (κ1) is 34.2. The van der Waals surface area contributed by atoms with Crippen molar-refractivity contribution in [1.29, 1.82) is 5.26 Å². The minimum absolute atomic E-state index is 0.0141. The number of H-pyrrole nitrogens is 1. The molecular formula is C33H29F6N5O4. The maximum absolute atomic E-state index is 14.0. The number of rotatable bonds is 8. The van der Waals surface area contributed by atoms with Crippen LogP contribution >= 0.6 is 0 Å². The Balaban J connectivity index is 1.56. The highest BCUT2D eigenvalue weighted by atomic mass is 19.4. The van der Waals surface area contributed by atoms with E-state index in [1.54, 1.807) is 60.7 Å². The first-order chi connectivity index (χ1) is 22.7. The molecule has 3 atom stereocenters. The minimum atomic E-state index is -5.06. The maximum atomic E-state index is 14.0. The van der Waals surface area contributed by atoms with Crippen molar-refractivity contribution >= 4 is 6.09 Å². The number of hydrogen-bond acceptors (Lipinski definition) is 6. The topological polar surface area (TPSA) is 113 Å². The lowest BCUT2D eigenvalue weighted by molar-refractivity contribution is -0.143. The molecule has 48 heavy (non-hydrogen) atoms. The lowest BCUT2D eigenvalue weighted by atomic mass is 9.75. The summed E-state index contributed by atoms with van der Waals surface area (Å²) < 4.78 is 94.6. The third-order valence-corrected chi connectivity index (χ3v) is 8.50. The average Bonchev–Trinajstić information content (AvgIpc) is 3.52. The summed E-state index contributed by atoms with van der Waals surface area (Å²) in [6, 6.07) is 20.5. The molecule has 1 aliphatic rings. The maximum Gasteiger partial charge on any atom is 0.416 e. The Morgan fingerprint density at radius 2 is 1.58 bits per heavy atom. The first-order valence-corrected chi connectivity index (χ1v) is 14.7. The summed E-state index contributed by atoms with van der Waals surface area (Å²) in [6.45, 7) is 0.330. The minimum Gasteiger partial charge on any atom is -0.445 e. The largest absolute Gasteiger partial charge is 0.445 e. The second-order valence-corrected chi connectivity index (χ2v) is 11.5. The van der Waals surface area contributed by atoms with E-state index in [0.717, 1.165) is 10.9 Å². The predicted octanol–water partition coefficient (Wildman–Crippen LogP) is 6.93. The molecule has 2 heterocycles. The number of nitrogens with zero attached hydrogens (tertiary/aromatic N) is 4. The van der Waals surface area contributed by atoms with Crippen molar-refractivity contribution in [2.24, 2.45) is 0 Å². The highest BCUT2D eigenvalue weighted by molar-refractivity contribution is 5.70. The van der Waals surface area contributed by atoms with E-state index in [9.17, 15) is 41.2 Å². The van der Waals surface area contributed by atoms with Crippen LogP contribution in [0.2, 0.25) is 0 Å². The molecule has 1 amide bonds. The molecule has 4 aromatic rings. The van der Waals surface area contributed by atoms with E-state index in [-0.39, 0.29) is 31.1 Å². The molecule has 0 saturated carbocycles. The van der Waals surface area contributed by atoms with E-state index in [1.165, 1.54) is 11.8 Å². The van der Waals surface area contributed by atoms with Gasteiger partial charge in [0.1, 0.15) is 12.9 Å². The van der Waals surface area contributed by atoms with Crippen LogP contribution in [-0.2, 0) is 39.5 Å². The molecule has 3 aromatic carbocycles. The van der Waals surface area contributed by atoms with E-state index in [4.69, 9.17) is 9.47 Å². The van der Waals surface area contributed by atoms with E-state index in [2.05, 4.69) is 16.3 Å². The van der Waals surface area contributed by atoms with Crippen molar-refractivity contribution < 1.29 is 40.6 Å². The van der Waals surface area contributed by atoms with Crippen LogP contribution in [0, 0.1) is 11.3 Å². The summed E-state index contributed by atoms with van der Waals surface area (Å²) in [5.74, 6) is 0. The number of likely N-dealkylation sites (tertiary alicyclic amines) is 1. The number of halogens is 6. The Labute approximate surface area is 270 Å². The van der Waals surface area contributed by atoms with Crippen LogP contribution < -0.4 is 5.69 Å². The van der Waals surface area contributed by atoms with E-state index >= 15 is 0 Å². The van der Waals surface area contributed by atoms with Gasteiger partial charge in [-0.15, -0.1) is 0 Å². The fraction of sp³-hybridized carbons (Fsp3) is 0.333. The van der Waals surface area contributed by atoms with Crippen LogP contribution in [0.25, 0.3) is 0 Å². The lowest BCUT2D eigenvalue weighted by Gasteiger charge is -2.51. The molecule has 252 valence electrons. The average molecular weight is 674 g/mol. The SMILES string of the molecule is C[C@@H](OC[C@@]1(c2ccccc2)CC[C@](C#N)(n2cn[nH]c2=O)CN1C(=O)OCc1ccccc1)c1cc(C(F)(F)F)cc(C(F)(F)F)c1. The number of nitriles is 1. The number of carbonyl (C=O) groups excluding carboxylic acids is 1. The molecule has 1 saturated heterocycles. The van der Waals surface area contributed by atoms with Gasteiger partial charge in [0.25, 0.3) is 0 Å².